The van der Waals surface area contributed by atoms with Crippen molar-refractivity contribution in [2.45, 2.75) is 32.6 Å². The summed E-state index contributed by atoms with van der Waals surface area (Å²) in [6.07, 6.45) is 3.90. The van der Waals surface area contributed by atoms with Gasteiger partial charge >= 0.3 is 0 Å². The van der Waals surface area contributed by atoms with Gasteiger partial charge in [0.05, 0.1) is 13.2 Å². The Balaban J connectivity index is 0.00000400. The average molecular weight is 323 g/mol. The van der Waals surface area contributed by atoms with Gasteiger partial charge in [0, 0.05) is 26.7 Å². The Morgan fingerprint density at radius 1 is 1.29 bits per heavy atom. The number of rotatable bonds is 10. The molecule has 1 aliphatic rings. The van der Waals surface area contributed by atoms with Crippen LogP contribution in [0.5, 0.6) is 0 Å². The Kier molecular flexibility index (Phi) is 13.1. The number of hydrogen-bond acceptors (Lipinski definition) is 4. The van der Waals surface area contributed by atoms with Gasteiger partial charge in [-0.05, 0) is 44.2 Å². The second kappa shape index (κ2) is 13.3. The molecule has 0 radical (unpaired) electrons. The summed E-state index contributed by atoms with van der Waals surface area (Å²) in [5.41, 5.74) is 0. The van der Waals surface area contributed by atoms with Gasteiger partial charge in [-0.2, -0.15) is 0 Å². The standard InChI is InChI=1S/C15H30N2O3.ClH/c1-13(14-4-7-16-8-5-14)12-15(18)17-6-3-9-20-11-10-19-2;/h13-14,16H,3-12H2,1-2H3,(H,17,18);1H. The first-order valence-electron chi connectivity index (χ1n) is 7.78. The molecule has 126 valence electrons. The van der Waals surface area contributed by atoms with Crippen LogP contribution in [0.2, 0.25) is 0 Å². The molecule has 21 heavy (non-hydrogen) atoms. The SMILES string of the molecule is COCCOCCCNC(=O)CC(C)C1CCNCC1.Cl. The first kappa shape index (κ1) is 20.6. The third-order valence-electron chi connectivity index (χ3n) is 3.92. The van der Waals surface area contributed by atoms with Crippen molar-refractivity contribution in [2.75, 3.05) is 46.6 Å². The number of nitrogens with one attached hydrogen (secondary N) is 2. The lowest BCUT2D eigenvalue weighted by atomic mass is 9.84. The van der Waals surface area contributed by atoms with E-state index in [2.05, 4.69) is 17.6 Å². The zero-order valence-corrected chi connectivity index (χ0v) is 14.2. The molecule has 0 aliphatic carbocycles. The Morgan fingerprint density at radius 3 is 2.67 bits per heavy atom. The number of amides is 1. The monoisotopic (exact) mass is 322 g/mol. The fraction of sp³-hybridized carbons (Fsp3) is 0.933. The van der Waals surface area contributed by atoms with Gasteiger partial charge in [0.25, 0.3) is 0 Å². The van der Waals surface area contributed by atoms with Gasteiger partial charge in [0.1, 0.15) is 0 Å². The van der Waals surface area contributed by atoms with E-state index in [9.17, 15) is 4.79 Å². The molecule has 0 aromatic heterocycles. The van der Waals surface area contributed by atoms with Gasteiger partial charge < -0.3 is 20.1 Å². The van der Waals surface area contributed by atoms with Crippen molar-refractivity contribution in [1.29, 1.82) is 0 Å². The second-order valence-electron chi connectivity index (χ2n) is 5.58. The van der Waals surface area contributed by atoms with Crippen LogP contribution < -0.4 is 10.6 Å². The molecule has 0 bridgehead atoms. The van der Waals surface area contributed by atoms with Crippen LogP contribution in [0.3, 0.4) is 0 Å². The predicted octanol–water partition coefficient (Wildman–Crippen LogP) is 1.60. The minimum atomic E-state index is 0. The van der Waals surface area contributed by atoms with E-state index in [-0.39, 0.29) is 18.3 Å². The molecule has 0 spiro atoms. The second-order valence-corrected chi connectivity index (χ2v) is 5.58. The topological polar surface area (TPSA) is 59.6 Å². The van der Waals surface area contributed by atoms with Gasteiger partial charge in [-0.15, -0.1) is 12.4 Å². The molecular weight excluding hydrogens is 292 g/mol. The Labute approximate surface area is 134 Å². The van der Waals surface area contributed by atoms with Gasteiger partial charge in [0.15, 0.2) is 0 Å². The summed E-state index contributed by atoms with van der Waals surface area (Å²) in [6, 6.07) is 0. The highest BCUT2D eigenvalue weighted by Crippen LogP contribution is 2.23. The van der Waals surface area contributed by atoms with E-state index in [4.69, 9.17) is 9.47 Å². The van der Waals surface area contributed by atoms with Crippen molar-refractivity contribution in [3.05, 3.63) is 0 Å². The molecule has 1 saturated heterocycles. The largest absolute Gasteiger partial charge is 0.382 e. The van der Waals surface area contributed by atoms with E-state index in [0.717, 1.165) is 19.5 Å². The van der Waals surface area contributed by atoms with E-state index < -0.39 is 0 Å². The highest BCUT2D eigenvalue weighted by molar-refractivity contribution is 5.85. The number of piperidine rings is 1. The number of hydrogen-bond donors (Lipinski definition) is 2. The van der Waals surface area contributed by atoms with Gasteiger partial charge in [-0.1, -0.05) is 6.92 Å². The molecular formula is C15H31ClN2O3. The smallest absolute Gasteiger partial charge is 0.220 e. The summed E-state index contributed by atoms with van der Waals surface area (Å²) >= 11 is 0. The summed E-state index contributed by atoms with van der Waals surface area (Å²) in [5, 5.41) is 6.34. The van der Waals surface area contributed by atoms with Gasteiger partial charge in [0.2, 0.25) is 5.91 Å². The number of halogens is 1. The Morgan fingerprint density at radius 2 is 2.00 bits per heavy atom. The van der Waals surface area contributed by atoms with Crippen molar-refractivity contribution in [2.24, 2.45) is 11.8 Å². The van der Waals surface area contributed by atoms with Crippen molar-refractivity contribution in [3.8, 4) is 0 Å². The summed E-state index contributed by atoms with van der Waals surface area (Å²) in [4.78, 5) is 11.8. The van der Waals surface area contributed by atoms with Crippen LogP contribution in [0, 0.1) is 11.8 Å². The first-order valence-corrected chi connectivity index (χ1v) is 7.78. The lowest BCUT2D eigenvalue weighted by Crippen LogP contribution is -2.33. The Bertz CT molecular complexity index is 261. The quantitative estimate of drug-likeness (QED) is 0.600. The fourth-order valence-corrected chi connectivity index (χ4v) is 2.59. The van der Waals surface area contributed by atoms with E-state index in [0.29, 0.717) is 44.6 Å². The molecule has 1 fully saturated rings. The molecule has 1 atom stereocenters. The van der Waals surface area contributed by atoms with Crippen LogP contribution in [0.4, 0.5) is 0 Å². The van der Waals surface area contributed by atoms with Crippen LogP contribution in [-0.4, -0.2) is 52.5 Å². The summed E-state index contributed by atoms with van der Waals surface area (Å²) in [7, 11) is 1.66. The van der Waals surface area contributed by atoms with E-state index in [1.165, 1.54) is 12.8 Å². The molecule has 0 saturated carbocycles. The number of methoxy groups -OCH3 is 1. The maximum atomic E-state index is 11.8. The highest BCUT2D eigenvalue weighted by atomic mass is 35.5. The molecule has 1 amide bonds. The first-order chi connectivity index (χ1) is 9.74. The highest BCUT2D eigenvalue weighted by Gasteiger charge is 2.21. The lowest BCUT2D eigenvalue weighted by molar-refractivity contribution is -0.122. The van der Waals surface area contributed by atoms with Crippen molar-refractivity contribution in [1.82, 2.24) is 10.6 Å². The minimum absolute atomic E-state index is 0. The molecule has 1 rings (SSSR count). The van der Waals surface area contributed by atoms with Crippen molar-refractivity contribution in [3.63, 3.8) is 0 Å². The molecule has 2 N–H and O–H groups in total. The van der Waals surface area contributed by atoms with E-state index in [1.54, 1.807) is 7.11 Å². The zero-order chi connectivity index (χ0) is 14.6. The summed E-state index contributed by atoms with van der Waals surface area (Å²) in [6.45, 7) is 7.00. The molecule has 0 aromatic carbocycles. The number of carbonyl (C=O) groups excluding carboxylic acids is 1. The van der Waals surface area contributed by atoms with Crippen LogP contribution in [-0.2, 0) is 14.3 Å². The number of carbonyl (C=O) groups is 1. The van der Waals surface area contributed by atoms with Crippen LogP contribution in [0.15, 0.2) is 0 Å². The average Bonchev–Trinajstić information content (AvgIpc) is 2.47. The van der Waals surface area contributed by atoms with Crippen LogP contribution in [0.1, 0.15) is 32.6 Å². The normalized spacial score (nSPS) is 17.0. The molecule has 0 aromatic rings. The maximum absolute atomic E-state index is 11.8. The summed E-state index contributed by atoms with van der Waals surface area (Å²) < 4.78 is 10.2. The zero-order valence-electron chi connectivity index (χ0n) is 13.4. The van der Waals surface area contributed by atoms with Crippen molar-refractivity contribution >= 4 is 18.3 Å². The van der Waals surface area contributed by atoms with Crippen LogP contribution >= 0.6 is 12.4 Å². The maximum Gasteiger partial charge on any atom is 0.220 e. The molecule has 1 aliphatic heterocycles. The number of ether oxygens (including phenoxy) is 2. The van der Waals surface area contributed by atoms with E-state index in [1.807, 2.05) is 0 Å². The predicted molar refractivity (Wildman–Crippen MR) is 86.9 cm³/mol. The molecule has 6 heteroatoms. The van der Waals surface area contributed by atoms with Gasteiger partial charge in [-0.3, -0.25) is 4.79 Å². The third kappa shape index (κ3) is 10.1. The van der Waals surface area contributed by atoms with Crippen molar-refractivity contribution < 1.29 is 14.3 Å². The van der Waals surface area contributed by atoms with E-state index >= 15 is 0 Å². The lowest BCUT2D eigenvalue weighted by Gasteiger charge is -2.27. The fourth-order valence-electron chi connectivity index (χ4n) is 2.59. The summed E-state index contributed by atoms with van der Waals surface area (Å²) in [5.74, 6) is 1.35. The Hall–Kier alpha value is -0.360. The molecule has 1 unspecified atom stereocenters. The van der Waals surface area contributed by atoms with Crippen LogP contribution in [0.25, 0.3) is 0 Å². The molecule has 5 nitrogen and oxygen atoms in total. The third-order valence-corrected chi connectivity index (χ3v) is 3.92. The minimum Gasteiger partial charge on any atom is -0.382 e. The van der Waals surface area contributed by atoms with Gasteiger partial charge in [-0.25, -0.2) is 0 Å². The molecule has 1 heterocycles.